The minimum atomic E-state index is -0.577. The standard InChI is InChI=1S/C20H18O4/c1-13-15(11-21)6-4-7-16(13)12-24-20(23)18-10-9-14-5-2-3-8-17(14)19(18)22/h2-10,21-22H,11-12H2,1H3. The lowest BCUT2D eigenvalue weighted by Gasteiger charge is -2.11. The lowest BCUT2D eigenvalue weighted by atomic mass is 10.0. The molecule has 0 aliphatic carbocycles. The highest BCUT2D eigenvalue weighted by molar-refractivity contribution is 6.01. The smallest absolute Gasteiger partial charge is 0.342 e. The van der Waals surface area contributed by atoms with Gasteiger partial charge in [0.2, 0.25) is 0 Å². The predicted octanol–water partition coefficient (Wildman–Crippen LogP) is 3.70. The van der Waals surface area contributed by atoms with E-state index in [1.807, 2.05) is 37.3 Å². The van der Waals surface area contributed by atoms with Gasteiger partial charge in [-0.15, -0.1) is 0 Å². The molecule has 0 atom stereocenters. The summed E-state index contributed by atoms with van der Waals surface area (Å²) in [5.41, 5.74) is 2.67. The van der Waals surface area contributed by atoms with Gasteiger partial charge in [0.05, 0.1) is 6.61 Å². The third-order valence-electron chi connectivity index (χ3n) is 4.21. The number of phenols is 1. The number of rotatable bonds is 4. The molecule has 24 heavy (non-hydrogen) atoms. The molecule has 0 amide bonds. The summed E-state index contributed by atoms with van der Waals surface area (Å²) in [6.07, 6.45) is 0. The van der Waals surface area contributed by atoms with E-state index in [1.165, 1.54) is 0 Å². The Morgan fingerprint density at radius 2 is 1.75 bits per heavy atom. The van der Waals surface area contributed by atoms with Crippen molar-refractivity contribution in [1.29, 1.82) is 0 Å². The number of fused-ring (bicyclic) bond motifs is 1. The number of aliphatic hydroxyl groups excluding tert-OH is 1. The predicted molar refractivity (Wildman–Crippen MR) is 91.8 cm³/mol. The van der Waals surface area contributed by atoms with E-state index in [0.29, 0.717) is 5.39 Å². The van der Waals surface area contributed by atoms with Crippen molar-refractivity contribution in [2.45, 2.75) is 20.1 Å². The molecule has 3 rings (SSSR count). The van der Waals surface area contributed by atoms with Gasteiger partial charge in [-0.2, -0.15) is 0 Å². The van der Waals surface area contributed by atoms with E-state index in [1.54, 1.807) is 24.3 Å². The summed E-state index contributed by atoms with van der Waals surface area (Å²) in [7, 11) is 0. The number of aromatic hydroxyl groups is 1. The first kappa shape index (κ1) is 16.0. The maximum Gasteiger partial charge on any atom is 0.342 e. The Balaban J connectivity index is 1.82. The Hall–Kier alpha value is -2.85. The van der Waals surface area contributed by atoms with Gasteiger partial charge in [0, 0.05) is 5.39 Å². The van der Waals surface area contributed by atoms with Gasteiger partial charge in [-0.3, -0.25) is 0 Å². The highest BCUT2D eigenvalue weighted by Gasteiger charge is 2.15. The maximum absolute atomic E-state index is 12.3. The van der Waals surface area contributed by atoms with Crippen LogP contribution in [0, 0.1) is 6.92 Å². The van der Waals surface area contributed by atoms with E-state index in [4.69, 9.17) is 4.74 Å². The summed E-state index contributed by atoms with van der Waals surface area (Å²) in [4.78, 5) is 12.3. The van der Waals surface area contributed by atoms with Crippen LogP contribution >= 0.6 is 0 Å². The second-order valence-electron chi connectivity index (χ2n) is 5.62. The van der Waals surface area contributed by atoms with Gasteiger partial charge in [-0.25, -0.2) is 4.79 Å². The number of hydrogen-bond donors (Lipinski definition) is 2. The Bertz CT molecular complexity index is 899. The topological polar surface area (TPSA) is 66.8 Å². The lowest BCUT2D eigenvalue weighted by molar-refractivity contribution is 0.0469. The third-order valence-corrected chi connectivity index (χ3v) is 4.21. The molecule has 0 aromatic heterocycles. The summed E-state index contributed by atoms with van der Waals surface area (Å²) >= 11 is 0. The zero-order valence-corrected chi connectivity index (χ0v) is 13.3. The van der Waals surface area contributed by atoms with E-state index >= 15 is 0 Å². The van der Waals surface area contributed by atoms with Gasteiger partial charge >= 0.3 is 5.97 Å². The van der Waals surface area contributed by atoms with Crippen LogP contribution in [0.4, 0.5) is 0 Å². The largest absolute Gasteiger partial charge is 0.506 e. The molecule has 0 heterocycles. The van der Waals surface area contributed by atoms with Gasteiger partial charge in [0.1, 0.15) is 17.9 Å². The molecule has 2 N–H and O–H groups in total. The number of phenolic OH excluding ortho intramolecular Hbond substituents is 1. The molecule has 0 unspecified atom stereocenters. The minimum absolute atomic E-state index is 0.0565. The van der Waals surface area contributed by atoms with Gasteiger partial charge < -0.3 is 14.9 Å². The molecule has 4 heteroatoms. The quantitative estimate of drug-likeness (QED) is 0.719. The number of benzene rings is 3. The summed E-state index contributed by atoms with van der Waals surface area (Å²) < 4.78 is 5.34. The van der Waals surface area contributed by atoms with Crippen LogP contribution < -0.4 is 0 Å². The number of hydrogen-bond acceptors (Lipinski definition) is 4. The molecule has 3 aromatic rings. The van der Waals surface area contributed by atoms with Crippen LogP contribution in [-0.4, -0.2) is 16.2 Å². The molecule has 0 aliphatic rings. The van der Waals surface area contributed by atoms with Crippen molar-refractivity contribution in [2.75, 3.05) is 0 Å². The Morgan fingerprint density at radius 3 is 2.54 bits per heavy atom. The Kier molecular flexibility index (Phi) is 4.49. The molecule has 0 aliphatic heterocycles. The molecule has 0 saturated carbocycles. The van der Waals surface area contributed by atoms with Gasteiger partial charge in [0.25, 0.3) is 0 Å². The first-order chi connectivity index (χ1) is 11.6. The van der Waals surface area contributed by atoms with Crippen molar-refractivity contribution in [3.8, 4) is 5.75 Å². The van der Waals surface area contributed by atoms with Crippen molar-refractivity contribution in [3.05, 3.63) is 76.9 Å². The van der Waals surface area contributed by atoms with Crippen LogP contribution in [0.2, 0.25) is 0 Å². The summed E-state index contributed by atoms with van der Waals surface area (Å²) in [5.74, 6) is -0.647. The monoisotopic (exact) mass is 322 g/mol. The van der Waals surface area contributed by atoms with Gasteiger partial charge in [0.15, 0.2) is 0 Å². The molecular weight excluding hydrogens is 304 g/mol. The first-order valence-corrected chi connectivity index (χ1v) is 7.68. The normalized spacial score (nSPS) is 10.8. The molecule has 0 spiro atoms. The average molecular weight is 322 g/mol. The van der Waals surface area contributed by atoms with E-state index < -0.39 is 5.97 Å². The third kappa shape index (κ3) is 2.96. The number of carbonyl (C=O) groups is 1. The highest BCUT2D eigenvalue weighted by Crippen LogP contribution is 2.29. The van der Waals surface area contributed by atoms with Crippen LogP contribution in [-0.2, 0) is 18.0 Å². The second-order valence-corrected chi connectivity index (χ2v) is 5.62. The highest BCUT2D eigenvalue weighted by atomic mass is 16.5. The van der Waals surface area contributed by atoms with Crippen LogP contribution in [0.1, 0.15) is 27.0 Å². The van der Waals surface area contributed by atoms with Crippen molar-refractivity contribution < 1.29 is 19.7 Å². The van der Waals surface area contributed by atoms with Crippen molar-refractivity contribution in [1.82, 2.24) is 0 Å². The van der Waals surface area contributed by atoms with E-state index in [2.05, 4.69) is 0 Å². The van der Waals surface area contributed by atoms with Gasteiger partial charge in [-0.1, -0.05) is 48.5 Å². The summed E-state index contributed by atoms with van der Waals surface area (Å²) in [6, 6.07) is 16.1. The summed E-state index contributed by atoms with van der Waals surface area (Å²) in [6.45, 7) is 1.91. The molecule has 122 valence electrons. The van der Waals surface area contributed by atoms with Crippen LogP contribution in [0.15, 0.2) is 54.6 Å². The molecule has 0 bridgehead atoms. The number of aliphatic hydroxyl groups is 1. The SMILES string of the molecule is Cc1c(CO)cccc1COC(=O)c1ccc2ccccc2c1O. The molecule has 0 radical (unpaired) electrons. The second kappa shape index (κ2) is 6.72. The minimum Gasteiger partial charge on any atom is -0.506 e. The first-order valence-electron chi connectivity index (χ1n) is 7.68. The fourth-order valence-electron chi connectivity index (χ4n) is 2.71. The fourth-order valence-corrected chi connectivity index (χ4v) is 2.71. The van der Waals surface area contributed by atoms with Crippen molar-refractivity contribution in [3.63, 3.8) is 0 Å². The van der Waals surface area contributed by atoms with Crippen LogP contribution in [0.3, 0.4) is 0 Å². The Labute approximate surface area is 139 Å². The number of carbonyl (C=O) groups excluding carboxylic acids is 1. The maximum atomic E-state index is 12.3. The van der Waals surface area contributed by atoms with E-state index in [9.17, 15) is 15.0 Å². The summed E-state index contributed by atoms with van der Waals surface area (Å²) in [5, 5.41) is 21.1. The lowest BCUT2D eigenvalue weighted by Crippen LogP contribution is -2.07. The molecule has 4 nitrogen and oxygen atoms in total. The van der Waals surface area contributed by atoms with Crippen LogP contribution in [0.25, 0.3) is 10.8 Å². The number of ether oxygens (including phenoxy) is 1. The molecular formula is C20H18O4. The van der Waals surface area contributed by atoms with Crippen LogP contribution in [0.5, 0.6) is 5.75 Å². The fraction of sp³-hybridized carbons (Fsp3) is 0.150. The number of esters is 1. The Morgan fingerprint density at radius 1 is 1.00 bits per heavy atom. The van der Waals surface area contributed by atoms with E-state index in [-0.39, 0.29) is 24.5 Å². The molecule has 0 fully saturated rings. The zero-order valence-electron chi connectivity index (χ0n) is 13.3. The van der Waals surface area contributed by atoms with Crippen molar-refractivity contribution in [2.24, 2.45) is 0 Å². The van der Waals surface area contributed by atoms with Gasteiger partial charge in [-0.05, 0) is 35.1 Å². The van der Waals surface area contributed by atoms with E-state index in [0.717, 1.165) is 22.1 Å². The molecule has 3 aromatic carbocycles. The average Bonchev–Trinajstić information content (AvgIpc) is 2.61. The molecule has 0 saturated heterocycles. The zero-order chi connectivity index (χ0) is 17.1. The van der Waals surface area contributed by atoms with Crippen molar-refractivity contribution >= 4 is 16.7 Å².